The van der Waals surface area contributed by atoms with Crippen molar-refractivity contribution in [2.45, 2.75) is 0 Å². The Kier molecular flexibility index (Phi) is 8.36. The number of aromatic nitrogens is 2. The van der Waals surface area contributed by atoms with Gasteiger partial charge in [-0.3, -0.25) is 4.57 Å². The fourth-order valence-corrected chi connectivity index (χ4v) is 10.1. The predicted molar refractivity (Wildman–Crippen MR) is 258 cm³/mol. The Bertz CT molecular complexity index is 3490. The van der Waals surface area contributed by atoms with E-state index >= 15 is 0 Å². The number of rotatable bonds is 5. The summed E-state index contributed by atoms with van der Waals surface area (Å²) in [4.78, 5) is 5.29. The normalized spacial score (nSPS) is 11.7. The minimum Gasteiger partial charge on any atom is -0.294 e. The number of nitrogens with zero attached hydrogens (tertiary/aromatic N) is 2. The lowest BCUT2D eigenvalue weighted by molar-refractivity contribution is 1.12. The monoisotopic (exact) mass is 754 g/mol. The molecule has 9 aromatic carbocycles. The lowest BCUT2D eigenvalue weighted by Gasteiger charge is -2.24. The number of thiophene rings is 1. The van der Waals surface area contributed by atoms with Crippen molar-refractivity contribution in [1.29, 1.82) is 0 Å². The van der Waals surface area contributed by atoms with Gasteiger partial charge >= 0.3 is 0 Å². The molecule has 0 atom stereocenters. The fraction of sp³-hybridized carbons (Fsp3) is 0. The van der Waals surface area contributed by atoms with E-state index in [-0.39, 0.29) is 27.3 Å². The van der Waals surface area contributed by atoms with Crippen molar-refractivity contribution in [2.24, 2.45) is 0 Å². The van der Waals surface area contributed by atoms with Crippen LogP contribution < -0.4 is 27.3 Å². The van der Waals surface area contributed by atoms with Crippen molar-refractivity contribution in [3.8, 4) is 50.5 Å². The van der Waals surface area contributed by atoms with Crippen molar-refractivity contribution in [1.82, 2.24) is 9.55 Å². The van der Waals surface area contributed by atoms with Gasteiger partial charge in [-0.25, -0.2) is 4.98 Å². The molecule has 2 nitrogen and oxygen atoms in total. The summed E-state index contributed by atoms with van der Waals surface area (Å²) in [5.41, 5.74) is 10.7. The Morgan fingerprint density at radius 2 is 0.966 bits per heavy atom. The predicted octanol–water partition coefficient (Wildman–Crippen LogP) is 8.34. The second-order valence-corrected chi connectivity index (χ2v) is 16.0. The van der Waals surface area contributed by atoms with Crippen molar-refractivity contribution in [3.63, 3.8) is 0 Å². The first-order valence-corrected chi connectivity index (χ1v) is 20.2. The van der Waals surface area contributed by atoms with Gasteiger partial charge in [-0.1, -0.05) is 144 Å². The second-order valence-electron chi connectivity index (χ2n) is 14.9. The summed E-state index contributed by atoms with van der Waals surface area (Å²) in [6.45, 7) is 0. The zero-order chi connectivity index (χ0) is 39.9. The van der Waals surface area contributed by atoms with Gasteiger partial charge in [0.2, 0.25) is 0 Å². The van der Waals surface area contributed by atoms with Crippen molar-refractivity contribution >= 4 is 131 Å². The quantitative estimate of drug-likeness (QED) is 0.128. The van der Waals surface area contributed by atoms with E-state index in [0.29, 0.717) is 11.5 Å². The van der Waals surface area contributed by atoms with Gasteiger partial charge in [-0.2, -0.15) is 0 Å². The number of benzene rings is 9. The van der Waals surface area contributed by atoms with Crippen LogP contribution in [0.4, 0.5) is 0 Å². The SMILES string of the molecule is [B]c1c([B])c([B])c(-n2c(-c3ccccc3-c3c4ccccc4c(-c4cccc5sc6ccccc6c45)c4cc(-c5ccccc5)ccc34)nc3ccccc32)c([B])c1[B]. The third kappa shape index (κ3) is 5.43. The Morgan fingerprint density at radius 3 is 1.73 bits per heavy atom. The first kappa shape index (κ1) is 35.7. The van der Waals surface area contributed by atoms with Crippen molar-refractivity contribution in [2.75, 3.05) is 0 Å². The zero-order valence-electron chi connectivity index (χ0n) is 31.8. The average molecular weight is 754 g/mol. The highest BCUT2D eigenvalue weighted by Gasteiger charge is 2.25. The summed E-state index contributed by atoms with van der Waals surface area (Å²) in [5, 5.41) is 7.07. The molecule has 0 N–H and O–H groups in total. The Morgan fingerprint density at radius 1 is 0.407 bits per heavy atom. The molecule has 0 bridgehead atoms. The molecular formula is C51H27B5N2S. The summed E-state index contributed by atoms with van der Waals surface area (Å²) in [6, 6.07) is 58.0. The topological polar surface area (TPSA) is 17.8 Å². The molecular weight excluding hydrogens is 727 g/mol. The van der Waals surface area contributed by atoms with Crippen LogP contribution in [0.25, 0.3) is 103 Å². The van der Waals surface area contributed by atoms with Gasteiger partial charge in [-0.15, -0.1) is 27.7 Å². The van der Waals surface area contributed by atoms with Crippen LogP contribution >= 0.6 is 11.3 Å². The molecule has 0 saturated heterocycles. The van der Waals surface area contributed by atoms with Gasteiger partial charge in [-0.05, 0) is 85.3 Å². The first-order chi connectivity index (χ1) is 28.9. The Labute approximate surface area is 352 Å². The molecule has 11 aromatic rings. The maximum absolute atomic E-state index is 6.79. The molecule has 0 saturated carbocycles. The Balaban J connectivity index is 1.28. The summed E-state index contributed by atoms with van der Waals surface area (Å²) in [6.07, 6.45) is 0. The standard InChI is InChI=1S/C51H27B5N2S/c52-45-46(53)48(55)50(49(56)47(45)54)58-39-22-10-9-21-38(39)57-51(58)34-18-7-6-17-32(34)42-30-15-4-5-16-31(30)43(37-27-29(25-26-33(37)42)28-13-2-1-3-14-28)36-20-12-24-41-44(36)35-19-8-11-23-40(35)59-41/h1-27H. The molecule has 0 fully saturated rings. The maximum atomic E-state index is 6.79. The summed E-state index contributed by atoms with van der Waals surface area (Å²) < 4.78 is 4.50. The molecule has 0 amide bonds. The summed E-state index contributed by atoms with van der Waals surface area (Å²) in [7, 11) is 32.9. The smallest absolute Gasteiger partial charge is 0.146 e. The molecule has 0 aliphatic carbocycles. The molecule has 10 radical (unpaired) electrons. The van der Waals surface area contributed by atoms with E-state index in [0.717, 1.165) is 60.4 Å². The highest BCUT2D eigenvalue weighted by Crippen LogP contribution is 2.50. The van der Waals surface area contributed by atoms with Crippen LogP contribution in [0.15, 0.2) is 164 Å². The van der Waals surface area contributed by atoms with Gasteiger partial charge in [0, 0.05) is 31.4 Å². The minimum atomic E-state index is 0.161. The Hall–Kier alpha value is -6.49. The maximum Gasteiger partial charge on any atom is 0.146 e. The molecule has 8 heteroatoms. The summed E-state index contributed by atoms with van der Waals surface area (Å²) in [5.74, 6) is 0.639. The number of hydrogen-bond donors (Lipinski definition) is 0. The molecule has 0 aliphatic heterocycles. The van der Waals surface area contributed by atoms with E-state index < -0.39 is 0 Å². The number of para-hydroxylation sites is 2. The van der Waals surface area contributed by atoms with Crippen LogP contribution in [0.5, 0.6) is 0 Å². The van der Waals surface area contributed by atoms with Gasteiger partial charge in [0.25, 0.3) is 0 Å². The van der Waals surface area contributed by atoms with Gasteiger partial charge < -0.3 is 0 Å². The molecule has 262 valence electrons. The molecule has 2 aromatic heterocycles. The van der Waals surface area contributed by atoms with Crippen LogP contribution in [0, 0.1) is 0 Å². The molecule has 0 unspecified atom stereocenters. The largest absolute Gasteiger partial charge is 0.294 e. The van der Waals surface area contributed by atoms with Gasteiger partial charge in [0.05, 0.1) is 11.0 Å². The second kappa shape index (κ2) is 13.8. The zero-order valence-corrected chi connectivity index (χ0v) is 32.6. The molecule has 0 spiro atoms. The van der Waals surface area contributed by atoms with E-state index in [4.69, 9.17) is 44.2 Å². The third-order valence-electron chi connectivity index (χ3n) is 11.7. The van der Waals surface area contributed by atoms with Crippen LogP contribution in [-0.4, -0.2) is 48.8 Å². The van der Waals surface area contributed by atoms with Crippen LogP contribution in [-0.2, 0) is 0 Å². The molecule has 59 heavy (non-hydrogen) atoms. The summed E-state index contributed by atoms with van der Waals surface area (Å²) >= 11 is 1.84. The van der Waals surface area contributed by atoms with E-state index in [2.05, 4.69) is 133 Å². The number of hydrogen-bond acceptors (Lipinski definition) is 2. The van der Waals surface area contributed by atoms with Crippen molar-refractivity contribution in [3.05, 3.63) is 164 Å². The van der Waals surface area contributed by atoms with Gasteiger partial charge in [0.15, 0.2) is 0 Å². The highest BCUT2D eigenvalue weighted by atomic mass is 32.1. The van der Waals surface area contributed by atoms with Crippen LogP contribution in [0.1, 0.15) is 0 Å². The average Bonchev–Trinajstić information content (AvgIpc) is 3.86. The van der Waals surface area contributed by atoms with Crippen LogP contribution in [0.3, 0.4) is 0 Å². The van der Waals surface area contributed by atoms with E-state index in [1.54, 1.807) is 0 Å². The van der Waals surface area contributed by atoms with Gasteiger partial charge in [0.1, 0.15) is 45.1 Å². The number of imidazole rings is 1. The molecule has 2 heterocycles. The fourth-order valence-electron chi connectivity index (χ4n) is 8.96. The van der Waals surface area contributed by atoms with E-state index in [9.17, 15) is 0 Å². The molecule has 0 aliphatic rings. The van der Waals surface area contributed by atoms with Crippen molar-refractivity contribution < 1.29 is 0 Å². The minimum absolute atomic E-state index is 0.161. The molecule has 11 rings (SSSR count). The lowest BCUT2D eigenvalue weighted by Crippen LogP contribution is -2.56. The first-order valence-electron chi connectivity index (χ1n) is 19.4. The number of fused-ring (bicyclic) bond motifs is 6. The lowest BCUT2D eigenvalue weighted by atomic mass is 9.61. The third-order valence-corrected chi connectivity index (χ3v) is 12.8. The van der Waals surface area contributed by atoms with Crippen LogP contribution in [0.2, 0.25) is 0 Å². The van der Waals surface area contributed by atoms with E-state index in [1.807, 2.05) is 46.2 Å². The highest BCUT2D eigenvalue weighted by molar-refractivity contribution is 7.26. The van der Waals surface area contributed by atoms with E-state index in [1.165, 1.54) is 31.3 Å².